The lowest BCUT2D eigenvalue weighted by atomic mass is 10.4. The third-order valence-electron chi connectivity index (χ3n) is 0.640. The first-order valence-electron chi connectivity index (χ1n) is 2.28. The lowest BCUT2D eigenvalue weighted by Crippen LogP contribution is -2.02. The van der Waals surface area contributed by atoms with Crippen LogP contribution in [0.5, 0.6) is 0 Å². The van der Waals surface area contributed by atoms with Gasteiger partial charge in [0.1, 0.15) is 0 Å². The molecule has 0 radical (unpaired) electrons. The van der Waals surface area contributed by atoms with Gasteiger partial charge in [0.15, 0.2) is 0 Å². The van der Waals surface area contributed by atoms with E-state index in [1.165, 1.54) is 0 Å². The van der Waals surface area contributed by atoms with Crippen molar-refractivity contribution >= 4 is 21.9 Å². The number of hydrogen-bond donors (Lipinski definition) is 0. The van der Waals surface area contributed by atoms with Crippen molar-refractivity contribution in [3.8, 4) is 0 Å². The summed E-state index contributed by atoms with van der Waals surface area (Å²) in [7, 11) is 0. The van der Waals surface area contributed by atoms with Crippen molar-refractivity contribution in [3.05, 3.63) is 25.0 Å². The first-order valence-corrected chi connectivity index (χ1v) is 3.40. The fourth-order valence-corrected chi connectivity index (χ4v) is 0.442. The zero-order valence-electron chi connectivity index (χ0n) is 4.89. The highest BCUT2D eigenvalue weighted by molar-refractivity contribution is 9.09. The summed E-state index contributed by atoms with van der Waals surface area (Å²) in [5.74, 6) is -0.443. The molecule has 0 saturated carbocycles. The van der Waals surface area contributed by atoms with Crippen molar-refractivity contribution < 1.29 is 9.53 Å². The van der Waals surface area contributed by atoms with Crippen LogP contribution >= 0.6 is 15.9 Å². The molecule has 0 aromatic carbocycles. The van der Waals surface area contributed by atoms with Crippen molar-refractivity contribution in [2.24, 2.45) is 0 Å². The van der Waals surface area contributed by atoms with E-state index >= 15 is 0 Å². The van der Waals surface area contributed by atoms with Crippen LogP contribution in [0.25, 0.3) is 0 Å². The maximum atomic E-state index is 10.6. The Hall–Kier alpha value is -0.570. The summed E-state index contributed by atoms with van der Waals surface area (Å²) in [6.07, 6.45) is 1.08. The van der Waals surface area contributed by atoms with E-state index in [-0.39, 0.29) is 0 Å². The highest BCUT2D eigenvalue weighted by Gasteiger charge is 2.02. The average Bonchev–Trinajstić information content (AvgIpc) is 1.87. The third kappa shape index (κ3) is 3.08. The van der Waals surface area contributed by atoms with E-state index in [4.69, 9.17) is 0 Å². The lowest BCUT2D eigenvalue weighted by molar-refractivity contribution is -0.133. The second kappa shape index (κ2) is 4.32. The summed E-state index contributed by atoms with van der Waals surface area (Å²) in [5.41, 5.74) is 0.384. The molecule has 0 atom stereocenters. The summed E-state index contributed by atoms with van der Waals surface area (Å²) in [5, 5.41) is 0.430. The molecular weight excluding hydrogens is 184 g/mol. The van der Waals surface area contributed by atoms with Crippen molar-refractivity contribution in [3.63, 3.8) is 0 Å². The van der Waals surface area contributed by atoms with Crippen LogP contribution in [0.3, 0.4) is 0 Å². The molecule has 0 aliphatic carbocycles. The van der Waals surface area contributed by atoms with Crippen LogP contribution in [0, 0.1) is 0 Å². The number of halogens is 1. The molecule has 0 aromatic heterocycles. The standard InChI is InChI=1S/C6H7BrO2/c1-3-9-6(8)5(2)4-7/h3H,1-2,4H2. The van der Waals surface area contributed by atoms with Gasteiger partial charge in [0.2, 0.25) is 0 Å². The number of carbonyl (C=O) groups excluding carboxylic acids is 1. The van der Waals surface area contributed by atoms with Gasteiger partial charge in [0.05, 0.1) is 6.26 Å². The van der Waals surface area contributed by atoms with Crippen LogP contribution in [0.2, 0.25) is 0 Å². The molecule has 0 N–H and O–H groups in total. The third-order valence-corrected chi connectivity index (χ3v) is 1.32. The summed E-state index contributed by atoms with van der Waals surface area (Å²) in [6, 6.07) is 0. The highest BCUT2D eigenvalue weighted by Crippen LogP contribution is 1.98. The molecule has 0 aliphatic heterocycles. The number of rotatable bonds is 3. The molecule has 0 spiro atoms. The van der Waals surface area contributed by atoms with Gasteiger partial charge in [0.25, 0.3) is 0 Å². The van der Waals surface area contributed by atoms with E-state index in [1.54, 1.807) is 0 Å². The molecular formula is C6H7BrO2. The second-order valence-electron chi connectivity index (χ2n) is 1.31. The SMILES string of the molecule is C=COC(=O)C(=C)CBr. The first kappa shape index (κ1) is 8.43. The number of alkyl halides is 1. The molecule has 0 aromatic rings. The minimum atomic E-state index is -0.443. The van der Waals surface area contributed by atoms with Crippen LogP contribution in [0.4, 0.5) is 0 Å². The Labute approximate surface area is 62.3 Å². The van der Waals surface area contributed by atoms with Crippen LogP contribution in [-0.2, 0) is 9.53 Å². The van der Waals surface area contributed by atoms with Crippen LogP contribution in [-0.4, -0.2) is 11.3 Å². The fraction of sp³-hybridized carbons (Fsp3) is 0.167. The van der Waals surface area contributed by atoms with Crippen LogP contribution in [0.15, 0.2) is 25.0 Å². The van der Waals surface area contributed by atoms with Crippen molar-refractivity contribution in [1.82, 2.24) is 0 Å². The van der Waals surface area contributed by atoms with Gasteiger partial charge in [-0.15, -0.1) is 0 Å². The quantitative estimate of drug-likeness (QED) is 0.293. The Morgan fingerprint density at radius 2 is 2.33 bits per heavy atom. The Morgan fingerprint density at radius 1 is 1.78 bits per heavy atom. The van der Waals surface area contributed by atoms with Gasteiger partial charge in [-0.3, -0.25) is 0 Å². The highest BCUT2D eigenvalue weighted by atomic mass is 79.9. The normalized spacial score (nSPS) is 8.11. The molecule has 0 bridgehead atoms. The maximum Gasteiger partial charge on any atom is 0.339 e. The van der Waals surface area contributed by atoms with E-state index in [2.05, 4.69) is 33.8 Å². The molecule has 0 amide bonds. The van der Waals surface area contributed by atoms with Crippen LogP contribution in [0.1, 0.15) is 0 Å². The van der Waals surface area contributed by atoms with Crippen LogP contribution < -0.4 is 0 Å². The second-order valence-corrected chi connectivity index (χ2v) is 1.87. The van der Waals surface area contributed by atoms with E-state index in [1.807, 2.05) is 0 Å². The Kier molecular flexibility index (Phi) is 4.05. The maximum absolute atomic E-state index is 10.6. The van der Waals surface area contributed by atoms with Gasteiger partial charge in [-0.1, -0.05) is 29.1 Å². The molecule has 0 heterocycles. The van der Waals surface area contributed by atoms with Gasteiger partial charge in [-0.25, -0.2) is 4.79 Å². The van der Waals surface area contributed by atoms with Gasteiger partial charge in [-0.2, -0.15) is 0 Å². The summed E-state index contributed by atoms with van der Waals surface area (Å²) >= 11 is 3.05. The minimum Gasteiger partial charge on any atom is -0.432 e. The zero-order valence-corrected chi connectivity index (χ0v) is 6.48. The van der Waals surface area contributed by atoms with E-state index in [0.717, 1.165) is 6.26 Å². The Bertz CT molecular complexity index is 140. The summed E-state index contributed by atoms with van der Waals surface area (Å²) in [4.78, 5) is 10.6. The zero-order chi connectivity index (χ0) is 7.28. The lowest BCUT2D eigenvalue weighted by Gasteiger charge is -1.95. The molecule has 0 unspecified atom stereocenters. The molecule has 0 fully saturated rings. The minimum absolute atomic E-state index is 0.384. The van der Waals surface area contributed by atoms with E-state index in [9.17, 15) is 4.79 Å². The number of esters is 1. The topological polar surface area (TPSA) is 26.3 Å². The molecule has 0 rings (SSSR count). The summed E-state index contributed by atoms with van der Waals surface area (Å²) in [6.45, 7) is 6.64. The van der Waals surface area contributed by atoms with Gasteiger partial charge >= 0.3 is 5.97 Å². The Balaban J connectivity index is 3.73. The molecule has 9 heavy (non-hydrogen) atoms. The summed E-state index contributed by atoms with van der Waals surface area (Å²) < 4.78 is 4.39. The van der Waals surface area contributed by atoms with Gasteiger partial charge < -0.3 is 4.74 Å². The fourth-order valence-electron chi connectivity index (χ4n) is 0.214. The van der Waals surface area contributed by atoms with E-state index < -0.39 is 5.97 Å². The van der Waals surface area contributed by atoms with Crippen molar-refractivity contribution in [2.45, 2.75) is 0 Å². The van der Waals surface area contributed by atoms with Gasteiger partial charge in [-0.05, 0) is 0 Å². The van der Waals surface area contributed by atoms with E-state index in [0.29, 0.717) is 10.9 Å². The molecule has 0 aliphatic rings. The first-order chi connectivity index (χ1) is 4.22. The molecule has 2 nitrogen and oxygen atoms in total. The Morgan fingerprint density at radius 3 is 2.67 bits per heavy atom. The number of carbonyl (C=O) groups is 1. The predicted octanol–water partition coefficient (Wildman–Crippen LogP) is 1.62. The largest absolute Gasteiger partial charge is 0.432 e. The smallest absolute Gasteiger partial charge is 0.339 e. The van der Waals surface area contributed by atoms with Gasteiger partial charge in [0, 0.05) is 10.9 Å². The number of ether oxygens (including phenoxy) is 1. The molecule has 0 saturated heterocycles. The predicted molar refractivity (Wildman–Crippen MR) is 39.2 cm³/mol. The molecule has 50 valence electrons. The molecule has 3 heteroatoms. The monoisotopic (exact) mass is 190 g/mol. The number of hydrogen-bond acceptors (Lipinski definition) is 2. The van der Waals surface area contributed by atoms with Crippen molar-refractivity contribution in [1.29, 1.82) is 0 Å². The van der Waals surface area contributed by atoms with Crippen molar-refractivity contribution in [2.75, 3.05) is 5.33 Å². The average molecular weight is 191 g/mol.